The number of carbonyl (C=O) groups excluding carboxylic acids is 3. The molecule has 2 aromatic rings. The summed E-state index contributed by atoms with van der Waals surface area (Å²) in [4.78, 5) is 41.6. The highest BCUT2D eigenvalue weighted by Gasteiger charge is 2.48. The predicted octanol–water partition coefficient (Wildman–Crippen LogP) is 3.39. The van der Waals surface area contributed by atoms with Gasteiger partial charge in [-0.1, -0.05) is 48.5 Å². The molecule has 3 aliphatic rings. The minimum Gasteiger partial charge on any atom is -0.348 e. The van der Waals surface area contributed by atoms with Crippen molar-refractivity contribution >= 4 is 29.6 Å². The SMILES string of the molecule is O=C(CN1C(=O)N(Cc2ccccc2F)C(=O)C2SC=CC21)NC1CCc2ccccc21. The topological polar surface area (TPSA) is 69.7 Å². The average molecular weight is 452 g/mol. The average Bonchev–Trinajstić information content (AvgIpc) is 3.43. The molecule has 0 spiro atoms. The van der Waals surface area contributed by atoms with E-state index < -0.39 is 23.1 Å². The van der Waals surface area contributed by atoms with Gasteiger partial charge < -0.3 is 10.2 Å². The van der Waals surface area contributed by atoms with Gasteiger partial charge in [-0.05, 0) is 35.4 Å². The van der Waals surface area contributed by atoms with Crippen LogP contribution in [0.15, 0.2) is 60.0 Å². The van der Waals surface area contributed by atoms with Crippen LogP contribution in [0.2, 0.25) is 0 Å². The molecule has 0 aromatic heterocycles. The number of rotatable bonds is 5. The number of hydrogen-bond acceptors (Lipinski definition) is 4. The molecular weight excluding hydrogens is 429 g/mol. The number of hydrogen-bond donors (Lipinski definition) is 1. The normalized spacial score (nSPS) is 24.0. The minimum atomic E-state index is -0.575. The molecule has 3 unspecified atom stereocenters. The van der Waals surface area contributed by atoms with Crippen LogP contribution in [0.4, 0.5) is 9.18 Å². The summed E-state index contributed by atoms with van der Waals surface area (Å²) in [6.45, 7) is -0.327. The molecule has 0 saturated carbocycles. The highest BCUT2D eigenvalue weighted by Crippen LogP contribution is 2.35. The van der Waals surface area contributed by atoms with Crippen molar-refractivity contribution in [2.75, 3.05) is 6.54 Å². The van der Waals surface area contributed by atoms with Gasteiger partial charge in [0.25, 0.3) is 0 Å². The van der Waals surface area contributed by atoms with E-state index in [2.05, 4.69) is 11.4 Å². The van der Waals surface area contributed by atoms with Crippen LogP contribution < -0.4 is 5.32 Å². The molecule has 0 bridgehead atoms. The maximum atomic E-state index is 14.2. The Bertz CT molecular complexity index is 1120. The fourth-order valence-electron chi connectivity index (χ4n) is 4.61. The van der Waals surface area contributed by atoms with Crippen molar-refractivity contribution in [1.29, 1.82) is 0 Å². The van der Waals surface area contributed by atoms with E-state index in [1.54, 1.807) is 29.7 Å². The number of aryl methyl sites for hydroxylation is 1. The van der Waals surface area contributed by atoms with Gasteiger partial charge >= 0.3 is 6.03 Å². The van der Waals surface area contributed by atoms with E-state index in [4.69, 9.17) is 0 Å². The molecule has 1 N–H and O–H groups in total. The minimum absolute atomic E-state index is 0.0842. The number of benzene rings is 2. The lowest BCUT2D eigenvalue weighted by molar-refractivity contribution is -0.133. The van der Waals surface area contributed by atoms with Crippen LogP contribution in [0.25, 0.3) is 0 Å². The molecule has 2 heterocycles. The molecule has 1 fully saturated rings. The van der Waals surface area contributed by atoms with Crippen molar-refractivity contribution in [2.24, 2.45) is 0 Å². The van der Waals surface area contributed by atoms with E-state index in [1.807, 2.05) is 18.2 Å². The third-order valence-electron chi connectivity index (χ3n) is 6.23. The number of fused-ring (bicyclic) bond motifs is 2. The molecule has 0 radical (unpaired) electrons. The molecule has 6 nitrogen and oxygen atoms in total. The fraction of sp³-hybridized carbons (Fsp3) is 0.292. The summed E-state index contributed by atoms with van der Waals surface area (Å²) in [5.74, 6) is -1.11. The number of carbonyl (C=O) groups is 3. The highest BCUT2D eigenvalue weighted by molar-refractivity contribution is 8.03. The standard InChI is InChI=1S/C24H22FN3O3S/c25-18-8-4-2-6-16(18)13-28-23(30)22-20(11-12-32-22)27(24(28)31)14-21(29)26-19-10-9-15-5-1-3-7-17(15)19/h1-8,11-12,19-20,22H,9-10,13-14H2,(H,26,29). The van der Waals surface area contributed by atoms with Crippen LogP contribution >= 0.6 is 11.8 Å². The molecule has 5 rings (SSSR count). The van der Waals surface area contributed by atoms with E-state index in [9.17, 15) is 18.8 Å². The first kappa shape index (κ1) is 20.8. The summed E-state index contributed by atoms with van der Waals surface area (Å²) in [5, 5.41) is 4.30. The van der Waals surface area contributed by atoms with Crippen molar-refractivity contribution in [3.63, 3.8) is 0 Å². The third-order valence-corrected chi connectivity index (χ3v) is 7.31. The zero-order valence-electron chi connectivity index (χ0n) is 17.2. The van der Waals surface area contributed by atoms with Crippen molar-refractivity contribution in [3.8, 4) is 0 Å². The first-order valence-corrected chi connectivity index (χ1v) is 11.5. The van der Waals surface area contributed by atoms with E-state index in [-0.39, 0.29) is 36.5 Å². The van der Waals surface area contributed by atoms with Crippen LogP contribution in [0.3, 0.4) is 0 Å². The number of urea groups is 1. The summed E-state index contributed by atoms with van der Waals surface area (Å²) in [6, 6.07) is 12.9. The van der Waals surface area contributed by atoms with E-state index in [1.165, 1.54) is 28.3 Å². The lowest BCUT2D eigenvalue weighted by Crippen LogP contribution is -2.63. The molecule has 8 heteroatoms. The van der Waals surface area contributed by atoms with Crippen molar-refractivity contribution in [3.05, 3.63) is 82.5 Å². The molecule has 4 amide bonds. The smallest absolute Gasteiger partial charge is 0.328 e. The van der Waals surface area contributed by atoms with Gasteiger partial charge in [-0.25, -0.2) is 9.18 Å². The second kappa shape index (κ2) is 8.43. The number of halogens is 1. The first-order chi connectivity index (χ1) is 15.5. The van der Waals surface area contributed by atoms with Crippen LogP contribution in [0.5, 0.6) is 0 Å². The second-order valence-electron chi connectivity index (χ2n) is 8.16. The Kier molecular flexibility index (Phi) is 5.46. The second-order valence-corrected chi connectivity index (χ2v) is 9.21. The molecular formula is C24H22FN3O3S. The van der Waals surface area contributed by atoms with Crippen molar-refractivity contribution in [2.45, 2.75) is 36.7 Å². The van der Waals surface area contributed by atoms with Crippen molar-refractivity contribution < 1.29 is 18.8 Å². The van der Waals surface area contributed by atoms with E-state index >= 15 is 0 Å². The van der Waals surface area contributed by atoms with E-state index in [0.717, 1.165) is 23.3 Å². The Labute approximate surface area is 189 Å². The third kappa shape index (κ3) is 3.68. The summed E-state index contributed by atoms with van der Waals surface area (Å²) in [7, 11) is 0. The molecule has 3 atom stereocenters. The first-order valence-electron chi connectivity index (χ1n) is 10.6. The highest BCUT2D eigenvalue weighted by atomic mass is 32.2. The summed E-state index contributed by atoms with van der Waals surface area (Å²) < 4.78 is 14.2. The number of nitrogens with one attached hydrogen (secondary N) is 1. The number of thioether (sulfide) groups is 1. The number of imide groups is 1. The molecule has 32 heavy (non-hydrogen) atoms. The van der Waals surface area contributed by atoms with Crippen LogP contribution in [-0.2, 0) is 22.6 Å². The Balaban J connectivity index is 1.33. The Morgan fingerprint density at radius 3 is 2.75 bits per heavy atom. The zero-order chi connectivity index (χ0) is 22.2. The Morgan fingerprint density at radius 1 is 1.12 bits per heavy atom. The predicted molar refractivity (Wildman–Crippen MR) is 119 cm³/mol. The van der Waals surface area contributed by atoms with Gasteiger partial charge in [-0.15, -0.1) is 11.8 Å². The van der Waals surface area contributed by atoms with Gasteiger partial charge in [0.05, 0.1) is 18.6 Å². The largest absolute Gasteiger partial charge is 0.348 e. The van der Waals surface area contributed by atoms with Gasteiger partial charge in [-0.2, -0.15) is 0 Å². The van der Waals surface area contributed by atoms with Gasteiger partial charge in [-0.3, -0.25) is 14.5 Å². The quantitative estimate of drug-likeness (QED) is 0.757. The summed E-state index contributed by atoms with van der Waals surface area (Å²) in [6.07, 6.45) is 3.50. The lowest BCUT2D eigenvalue weighted by Gasteiger charge is -2.41. The van der Waals surface area contributed by atoms with Gasteiger partial charge in [0.1, 0.15) is 17.6 Å². The van der Waals surface area contributed by atoms with Gasteiger partial charge in [0.15, 0.2) is 0 Å². The number of amides is 4. The monoisotopic (exact) mass is 451 g/mol. The van der Waals surface area contributed by atoms with E-state index in [0.29, 0.717) is 0 Å². The summed E-state index contributed by atoms with van der Waals surface area (Å²) >= 11 is 1.32. The molecule has 164 valence electrons. The van der Waals surface area contributed by atoms with Crippen molar-refractivity contribution in [1.82, 2.24) is 15.1 Å². The lowest BCUT2D eigenvalue weighted by atomic mass is 10.1. The Hall–Kier alpha value is -3.13. The Morgan fingerprint density at radius 2 is 1.91 bits per heavy atom. The molecule has 2 aliphatic heterocycles. The fourth-order valence-corrected chi connectivity index (χ4v) is 5.67. The molecule has 1 aliphatic carbocycles. The molecule has 2 aromatic carbocycles. The molecule has 1 saturated heterocycles. The number of nitrogens with zero attached hydrogens (tertiary/aromatic N) is 2. The van der Waals surface area contributed by atoms with Gasteiger partial charge in [0.2, 0.25) is 11.8 Å². The maximum Gasteiger partial charge on any atom is 0.328 e. The maximum absolute atomic E-state index is 14.2. The van der Waals surface area contributed by atoms with Crippen LogP contribution in [0.1, 0.15) is 29.2 Å². The summed E-state index contributed by atoms with van der Waals surface area (Å²) in [5.41, 5.74) is 2.59. The van der Waals surface area contributed by atoms with Crippen LogP contribution in [-0.4, -0.2) is 45.5 Å². The van der Waals surface area contributed by atoms with Gasteiger partial charge in [0, 0.05) is 5.56 Å². The van der Waals surface area contributed by atoms with Crippen LogP contribution in [0, 0.1) is 5.82 Å². The zero-order valence-corrected chi connectivity index (χ0v) is 18.1.